The van der Waals surface area contributed by atoms with Crippen LogP contribution in [0.25, 0.3) is 0 Å². The van der Waals surface area contributed by atoms with Gasteiger partial charge in [-0.25, -0.2) is 0 Å². The first-order chi connectivity index (χ1) is 15.4. The van der Waals surface area contributed by atoms with Crippen molar-refractivity contribution in [2.24, 2.45) is 5.92 Å². The molecule has 1 aliphatic heterocycles. The molecule has 0 atom stereocenters. The van der Waals surface area contributed by atoms with Crippen LogP contribution < -0.4 is 19.7 Å². The van der Waals surface area contributed by atoms with Crippen molar-refractivity contribution in [1.82, 2.24) is 5.32 Å². The minimum absolute atomic E-state index is 0.125. The number of fused-ring (bicyclic) bond motifs is 1. The average molecular weight is 439 g/mol. The fourth-order valence-corrected chi connectivity index (χ4v) is 3.34. The molecule has 1 heterocycles. The first kappa shape index (κ1) is 23.3. The molecular weight excluding hydrogens is 408 g/mol. The average Bonchev–Trinajstić information content (AvgIpc) is 2.79. The molecule has 1 N–H and O–H groups in total. The summed E-state index contributed by atoms with van der Waals surface area (Å²) in [5, 5.41) is 2.81. The first-order valence-electron chi connectivity index (χ1n) is 11.0. The normalized spacial score (nSPS) is 12.9. The molecule has 0 aromatic heterocycles. The highest BCUT2D eigenvalue weighted by Gasteiger charge is 2.28. The number of carbonyl (C=O) groups is 3. The number of ether oxygens (including phenoxy) is 2. The van der Waals surface area contributed by atoms with Gasteiger partial charge in [-0.05, 0) is 48.2 Å². The number of amides is 2. The fourth-order valence-electron chi connectivity index (χ4n) is 3.34. The third-order valence-corrected chi connectivity index (χ3v) is 5.07. The second kappa shape index (κ2) is 10.8. The monoisotopic (exact) mass is 438 g/mol. The van der Waals surface area contributed by atoms with Gasteiger partial charge < -0.3 is 14.8 Å². The molecule has 170 valence electrons. The number of hydrogen-bond acceptors (Lipinski definition) is 5. The highest BCUT2D eigenvalue weighted by atomic mass is 16.5. The van der Waals surface area contributed by atoms with E-state index in [0.717, 1.165) is 12.8 Å². The SMILES string of the molecule is CCCc1ccc(OCC(=O)c2ccc3c(c2)N(CC(=O)NCC(C)C)C(=O)CO3)cc1. The summed E-state index contributed by atoms with van der Waals surface area (Å²) in [5.74, 6) is 0.575. The quantitative estimate of drug-likeness (QED) is 0.575. The lowest BCUT2D eigenvalue weighted by Gasteiger charge is -2.29. The van der Waals surface area contributed by atoms with Gasteiger partial charge in [0.25, 0.3) is 5.91 Å². The number of carbonyl (C=O) groups excluding carboxylic acids is 3. The Kier molecular flexibility index (Phi) is 7.87. The van der Waals surface area contributed by atoms with E-state index in [1.54, 1.807) is 18.2 Å². The number of rotatable bonds is 10. The highest BCUT2D eigenvalue weighted by Crippen LogP contribution is 2.33. The molecule has 0 bridgehead atoms. The Morgan fingerprint density at radius 3 is 2.59 bits per heavy atom. The fraction of sp³-hybridized carbons (Fsp3) is 0.400. The molecule has 0 unspecified atom stereocenters. The second-order valence-corrected chi connectivity index (χ2v) is 8.25. The van der Waals surface area contributed by atoms with Crippen molar-refractivity contribution >= 4 is 23.3 Å². The summed E-state index contributed by atoms with van der Waals surface area (Å²) in [7, 11) is 0. The molecule has 0 saturated carbocycles. The van der Waals surface area contributed by atoms with Crippen molar-refractivity contribution in [3.05, 3.63) is 53.6 Å². The summed E-state index contributed by atoms with van der Waals surface area (Å²) in [4.78, 5) is 38.8. The molecule has 2 amide bonds. The van der Waals surface area contributed by atoms with E-state index in [0.29, 0.717) is 35.2 Å². The maximum absolute atomic E-state index is 12.7. The van der Waals surface area contributed by atoms with Gasteiger partial charge in [-0.2, -0.15) is 0 Å². The van der Waals surface area contributed by atoms with Gasteiger partial charge in [0, 0.05) is 12.1 Å². The topological polar surface area (TPSA) is 84.9 Å². The number of hydrogen-bond donors (Lipinski definition) is 1. The zero-order valence-corrected chi connectivity index (χ0v) is 18.8. The van der Waals surface area contributed by atoms with Gasteiger partial charge in [-0.1, -0.05) is 39.3 Å². The molecule has 7 heteroatoms. The summed E-state index contributed by atoms with van der Waals surface area (Å²) in [6.07, 6.45) is 2.07. The van der Waals surface area contributed by atoms with Crippen molar-refractivity contribution in [2.75, 3.05) is 31.2 Å². The standard InChI is InChI=1S/C25H30N2O5/c1-4-5-18-6-9-20(10-7-18)31-15-22(28)19-8-11-23-21(12-19)27(25(30)16-32-23)14-24(29)26-13-17(2)3/h6-12,17H,4-5,13-16H2,1-3H3,(H,26,29). The van der Waals surface area contributed by atoms with Gasteiger partial charge in [-0.3, -0.25) is 19.3 Å². The van der Waals surface area contributed by atoms with Gasteiger partial charge >= 0.3 is 0 Å². The van der Waals surface area contributed by atoms with Crippen molar-refractivity contribution in [1.29, 1.82) is 0 Å². The van der Waals surface area contributed by atoms with Gasteiger partial charge in [0.15, 0.2) is 19.0 Å². The van der Waals surface area contributed by atoms with Crippen LogP contribution in [-0.4, -0.2) is 43.9 Å². The van der Waals surface area contributed by atoms with E-state index in [2.05, 4.69) is 12.2 Å². The molecule has 3 rings (SSSR count). The molecule has 0 aliphatic carbocycles. The highest BCUT2D eigenvalue weighted by molar-refractivity contribution is 6.04. The van der Waals surface area contributed by atoms with Crippen molar-refractivity contribution in [3.8, 4) is 11.5 Å². The largest absolute Gasteiger partial charge is 0.485 e. The molecule has 0 spiro atoms. The van der Waals surface area contributed by atoms with Crippen LogP contribution in [0.15, 0.2) is 42.5 Å². The van der Waals surface area contributed by atoms with Crippen LogP contribution in [0.1, 0.15) is 43.1 Å². The van der Waals surface area contributed by atoms with E-state index in [1.165, 1.54) is 10.5 Å². The minimum atomic E-state index is -0.329. The van der Waals surface area contributed by atoms with Gasteiger partial charge in [0.2, 0.25) is 5.91 Å². The molecule has 1 aliphatic rings. The number of anilines is 1. The molecule has 2 aromatic rings. The predicted molar refractivity (Wildman–Crippen MR) is 122 cm³/mol. The Hall–Kier alpha value is -3.35. The Morgan fingerprint density at radius 1 is 1.16 bits per heavy atom. The van der Waals surface area contributed by atoms with E-state index in [9.17, 15) is 14.4 Å². The molecule has 7 nitrogen and oxygen atoms in total. The maximum Gasteiger partial charge on any atom is 0.265 e. The van der Waals surface area contributed by atoms with Crippen LogP contribution in [0.2, 0.25) is 0 Å². The second-order valence-electron chi connectivity index (χ2n) is 8.25. The summed E-state index contributed by atoms with van der Waals surface area (Å²) >= 11 is 0. The maximum atomic E-state index is 12.7. The van der Waals surface area contributed by atoms with Gasteiger partial charge in [0.1, 0.15) is 18.0 Å². The summed E-state index contributed by atoms with van der Waals surface area (Å²) in [6.45, 7) is 6.24. The van der Waals surface area contributed by atoms with Crippen molar-refractivity contribution in [2.45, 2.75) is 33.6 Å². The number of benzene rings is 2. The number of ketones is 1. The summed E-state index contributed by atoms with van der Waals surface area (Å²) in [6, 6.07) is 12.6. The zero-order chi connectivity index (χ0) is 23.1. The first-order valence-corrected chi connectivity index (χ1v) is 11.0. The van der Waals surface area contributed by atoms with Gasteiger partial charge in [0.05, 0.1) is 5.69 Å². The van der Waals surface area contributed by atoms with Crippen molar-refractivity contribution < 1.29 is 23.9 Å². The van der Waals surface area contributed by atoms with E-state index < -0.39 is 0 Å². The Balaban J connectivity index is 1.68. The minimum Gasteiger partial charge on any atom is -0.485 e. The summed E-state index contributed by atoms with van der Waals surface area (Å²) < 4.78 is 11.1. The predicted octanol–water partition coefficient (Wildman–Crippen LogP) is 3.40. The number of nitrogens with one attached hydrogen (secondary N) is 1. The van der Waals surface area contributed by atoms with Crippen LogP contribution in [0.3, 0.4) is 0 Å². The zero-order valence-electron chi connectivity index (χ0n) is 18.8. The van der Waals surface area contributed by atoms with Crippen LogP contribution in [0.5, 0.6) is 11.5 Å². The number of nitrogens with zero attached hydrogens (tertiary/aromatic N) is 1. The third-order valence-electron chi connectivity index (χ3n) is 5.07. The summed E-state index contributed by atoms with van der Waals surface area (Å²) in [5.41, 5.74) is 2.02. The van der Waals surface area contributed by atoms with Crippen LogP contribution in [0.4, 0.5) is 5.69 Å². The van der Waals surface area contributed by atoms with Crippen molar-refractivity contribution in [3.63, 3.8) is 0 Å². The molecule has 0 fully saturated rings. The Labute approximate surface area is 188 Å². The molecular formula is C25H30N2O5. The molecule has 0 saturated heterocycles. The van der Waals surface area contributed by atoms with E-state index in [1.807, 2.05) is 38.1 Å². The van der Waals surface area contributed by atoms with E-state index in [-0.39, 0.29) is 37.4 Å². The lowest BCUT2D eigenvalue weighted by atomic mass is 10.1. The van der Waals surface area contributed by atoms with Gasteiger partial charge in [-0.15, -0.1) is 0 Å². The number of Topliss-reactive ketones (excluding diaryl/α,β-unsaturated/α-hetero) is 1. The number of aryl methyl sites for hydroxylation is 1. The Bertz CT molecular complexity index is 969. The van der Waals surface area contributed by atoms with Crippen LogP contribution >= 0.6 is 0 Å². The third kappa shape index (κ3) is 6.09. The Morgan fingerprint density at radius 2 is 1.91 bits per heavy atom. The lowest BCUT2D eigenvalue weighted by Crippen LogP contribution is -2.45. The molecule has 2 aromatic carbocycles. The lowest BCUT2D eigenvalue weighted by molar-refractivity contribution is -0.125. The smallest absolute Gasteiger partial charge is 0.265 e. The van der Waals surface area contributed by atoms with Crippen LogP contribution in [0, 0.1) is 5.92 Å². The molecule has 0 radical (unpaired) electrons. The van der Waals surface area contributed by atoms with E-state index >= 15 is 0 Å². The molecule has 32 heavy (non-hydrogen) atoms. The van der Waals surface area contributed by atoms with E-state index in [4.69, 9.17) is 9.47 Å². The van der Waals surface area contributed by atoms with Crippen LogP contribution in [-0.2, 0) is 16.0 Å².